The van der Waals surface area contributed by atoms with Crippen LogP contribution in [0.3, 0.4) is 0 Å². The van der Waals surface area contributed by atoms with E-state index in [-0.39, 0.29) is 6.04 Å². The fraction of sp³-hybridized carbons (Fsp3) is 0.368. The molecule has 0 bridgehead atoms. The van der Waals surface area contributed by atoms with Gasteiger partial charge < -0.3 is 25.0 Å². The number of pyridine rings is 1. The summed E-state index contributed by atoms with van der Waals surface area (Å²) in [5.41, 5.74) is 1.11. The summed E-state index contributed by atoms with van der Waals surface area (Å²) >= 11 is 0. The molecule has 1 fully saturated rings. The highest BCUT2D eigenvalue weighted by Gasteiger charge is 2.24. The quantitative estimate of drug-likeness (QED) is 0.851. The van der Waals surface area contributed by atoms with Crippen molar-refractivity contribution in [3.63, 3.8) is 0 Å². The Bertz CT molecular complexity index is 739. The lowest BCUT2D eigenvalue weighted by molar-refractivity contribution is 0.201. The minimum atomic E-state index is -0.520. The first kappa shape index (κ1) is 18.0. The van der Waals surface area contributed by atoms with Crippen LogP contribution in [0.1, 0.15) is 5.56 Å². The van der Waals surface area contributed by atoms with Crippen molar-refractivity contribution in [1.29, 1.82) is 0 Å². The summed E-state index contributed by atoms with van der Waals surface area (Å²) in [7, 11) is 3.09. The third-order valence-corrected chi connectivity index (χ3v) is 4.40. The Labute approximate surface area is 153 Å². The zero-order valence-corrected chi connectivity index (χ0v) is 15.1. The van der Waals surface area contributed by atoms with E-state index in [1.54, 1.807) is 13.2 Å². The molecule has 2 heterocycles. The number of hydrogen-bond acceptors (Lipinski definition) is 6. The van der Waals surface area contributed by atoms with E-state index < -0.39 is 6.09 Å². The number of carbonyl (C=O) groups excluding carboxylic acids is 1. The van der Waals surface area contributed by atoms with Crippen LogP contribution in [0.15, 0.2) is 42.6 Å². The molecule has 0 aliphatic carbocycles. The first-order valence-corrected chi connectivity index (χ1v) is 8.66. The SMILES string of the molecule is CNC(=O)Oc1ccc(CC2CNCCN2c2ccccn2)cc1OC. The number of hydrogen-bond donors (Lipinski definition) is 2. The van der Waals surface area contributed by atoms with Crippen LogP contribution in [0.2, 0.25) is 0 Å². The summed E-state index contributed by atoms with van der Waals surface area (Å²) in [4.78, 5) is 18.3. The molecule has 1 aliphatic heterocycles. The van der Waals surface area contributed by atoms with Crippen LogP contribution in [-0.4, -0.2) is 50.9 Å². The first-order valence-electron chi connectivity index (χ1n) is 8.66. The molecule has 1 unspecified atom stereocenters. The molecule has 1 aromatic heterocycles. The monoisotopic (exact) mass is 356 g/mol. The molecule has 26 heavy (non-hydrogen) atoms. The van der Waals surface area contributed by atoms with E-state index in [1.165, 1.54) is 7.05 Å². The van der Waals surface area contributed by atoms with Gasteiger partial charge in [-0.05, 0) is 36.2 Å². The summed E-state index contributed by atoms with van der Waals surface area (Å²) in [5.74, 6) is 1.93. The van der Waals surface area contributed by atoms with Gasteiger partial charge in [0.05, 0.1) is 7.11 Å². The van der Waals surface area contributed by atoms with Crippen LogP contribution in [0.5, 0.6) is 11.5 Å². The number of anilines is 1. The van der Waals surface area contributed by atoms with E-state index >= 15 is 0 Å². The van der Waals surface area contributed by atoms with E-state index in [0.717, 1.165) is 37.4 Å². The zero-order valence-electron chi connectivity index (χ0n) is 15.1. The molecule has 138 valence electrons. The van der Waals surface area contributed by atoms with E-state index in [4.69, 9.17) is 9.47 Å². The number of carbonyl (C=O) groups is 1. The highest BCUT2D eigenvalue weighted by atomic mass is 16.6. The average Bonchev–Trinajstić information content (AvgIpc) is 2.70. The van der Waals surface area contributed by atoms with Crippen molar-refractivity contribution < 1.29 is 14.3 Å². The van der Waals surface area contributed by atoms with Crippen LogP contribution < -0.4 is 25.0 Å². The van der Waals surface area contributed by atoms with Crippen molar-refractivity contribution in [3.05, 3.63) is 48.2 Å². The zero-order chi connectivity index (χ0) is 18.4. The number of benzene rings is 1. The summed E-state index contributed by atoms with van der Waals surface area (Å²) in [5, 5.41) is 5.88. The largest absolute Gasteiger partial charge is 0.493 e. The van der Waals surface area contributed by atoms with Gasteiger partial charge in [0.2, 0.25) is 0 Å². The predicted molar refractivity (Wildman–Crippen MR) is 100 cm³/mol. The molecule has 3 rings (SSSR count). The van der Waals surface area contributed by atoms with Gasteiger partial charge in [0.1, 0.15) is 5.82 Å². The smallest absolute Gasteiger partial charge is 0.412 e. The Hall–Kier alpha value is -2.80. The predicted octanol–water partition coefficient (Wildman–Crippen LogP) is 1.83. The molecular weight excluding hydrogens is 332 g/mol. The van der Waals surface area contributed by atoms with E-state index in [9.17, 15) is 4.79 Å². The highest BCUT2D eigenvalue weighted by Crippen LogP contribution is 2.29. The number of methoxy groups -OCH3 is 1. The van der Waals surface area contributed by atoms with Crippen molar-refractivity contribution in [2.24, 2.45) is 0 Å². The van der Waals surface area contributed by atoms with Crippen LogP contribution in [0.4, 0.5) is 10.6 Å². The maximum Gasteiger partial charge on any atom is 0.412 e. The van der Waals surface area contributed by atoms with Crippen molar-refractivity contribution in [1.82, 2.24) is 15.6 Å². The lowest BCUT2D eigenvalue weighted by Gasteiger charge is -2.37. The standard InChI is InChI=1S/C19H24N4O3/c1-20-19(24)26-16-7-6-14(12-17(16)25-2)11-15-13-21-9-10-23(15)18-5-3-4-8-22-18/h3-8,12,15,21H,9-11,13H2,1-2H3,(H,20,24). The topological polar surface area (TPSA) is 75.7 Å². The summed E-state index contributed by atoms with van der Waals surface area (Å²) < 4.78 is 10.6. The first-order chi connectivity index (χ1) is 12.7. The lowest BCUT2D eigenvalue weighted by Crippen LogP contribution is -2.52. The summed E-state index contributed by atoms with van der Waals surface area (Å²) in [6, 6.07) is 11.9. The van der Waals surface area contributed by atoms with Gasteiger partial charge in [-0.25, -0.2) is 9.78 Å². The van der Waals surface area contributed by atoms with Crippen LogP contribution >= 0.6 is 0 Å². The van der Waals surface area contributed by atoms with Gasteiger partial charge in [-0.15, -0.1) is 0 Å². The number of amides is 1. The Morgan fingerprint density at radius 1 is 1.35 bits per heavy atom. The van der Waals surface area contributed by atoms with Crippen molar-refractivity contribution in [2.75, 3.05) is 38.7 Å². The number of nitrogens with zero attached hydrogens (tertiary/aromatic N) is 2. The van der Waals surface area contributed by atoms with Gasteiger partial charge in [0, 0.05) is 38.9 Å². The summed E-state index contributed by atoms with van der Waals surface area (Å²) in [6.45, 7) is 2.74. The Morgan fingerprint density at radius 3 is 2.96 bits per heavy atom. The molecule has 0 spiro atoms. The molecule has 1 aliphatic rings. The van der Waals surface area contributed by atoms with E-state index in [2.05, 4.69) is 20.5 Å². The minimum absolute atomic E-state index is 0.286. The molecule has 1 aromatic carbocycles. The van der Waals surface area contributed by atoms with Gasteiger partial charge in [0.25, 0.3) is 0 Å². The molecule has 7 heteroatoms. The van der Waals surface area contributed by atoms with Crippen LogP contribution in [0.25, 0.3) is 0 Å². The van der Waals surface area contributed by atoms with Gasteiger partial charge in [-0.1, -0.05) is 12.1 Å². The molecule has 0 saturated carbocycles. The second-order valence-corrected chi connectivity index (χ2v) is 6.07. The normalized spacial score (nSPS) is 16.8. The Kier molecular flexibility index (Phi) is 5.91. The van der Waals surface area contributed by atoms with Crippen molar-refractivity contribution >= 4 is 11.9 Å². The maximum atomic E-state index is 11.4. The van der Waals surface area contributed by atoms with E-state index in [1.807, 2.05) is 36.5 Å². The molecule has 0 radical (unpaired) electrons. The maximum absolute atomic E-state index is 11.4. The Balaban J connectivity index is 1.77. The lowest BCUT2D eigenvalue weighted by atomic mass is 10.0. The second-order valence-electron chi connectivity index (χ2n) is 6.07. The number of ether oxygens (including phenoxy) is 2. The number of piperazine rings is 1. The van der Waals surface area contributed by atoms with Crippen molar-refractivity contribution in [3.8, 4) is 11.5 Å². The van der Waals surface area contributed by atoms with Crippen molar-refractivity contribution in [2.45, 2.75) is 12.5 Å². The molecular formula is C19H24N4O3. The number of rotatable bonds is 5. The average molecular weight is 356 g/mol. The van der Waals surface area contributed by atoms with Gasteiger partial charge in [-0.2, -0.15) is 0 Å². The molecule has 2 aromatic rings. The third-order valence-electron chi connectivity index (χ3n) is 4.40. The fourth-order valence-electron chi connectivity index (χ4n) is 3.11. The second kappa shape index (κ2) is 8.53. The Morgan fingerprint density at radius 2 is 2.23 bits per heavy atom. The number of aromatic nitrogens is 1. The molecule has 1 amide bonds. The van der Waals surface area contributed by atoms with Gasteiger partial charge >= 0.3 is 6.09 Å². The highest BCUT2D eigenvalue weighted by molar-refractivity contribution is 5.71. The van der Waals surface area contributed by atoms with Gasteiger partial charge in [-0.3, -0.25) is 0 Å². The third kappa shape index (κ3) is 4.23. The van der Waals surface area contributed by atoms with Gasteiger partial charge in [0.15, 0.2) is 11.5 Å². The minimum Gasteiger partial charge on any atom is -0.493 e. The van der Waals surface area contributed by atoms with Crippen LogP contribution in [0, 0.1) is 0 Å². The summed E-state index contributed by atoms with van der Waals surface area (Å²) in [6.07, 6.45) is 2.14. The van der Waals surface area contributed by atoms with Crippen LogP contribution in [-0.2, 0) is 6.42 Å². The van der Waals surface area contributed by atoms with E-state index in [0.29, 0.717) is 11.5 Å². The molecule has 1 saturated heterocycles. The molecule has 1 atom stereocenters. The molecule has 7 nitrogen and oxygen atoms in total. The molecule has 2 N–H and O–H groups in total. The fourth-order valence-corrected chi connectivity index (χ4v) is 3.11. The number of nitrogens with one attached hydrogen (secondary N) is 2.